The van der Waals surface area contributed by atoms with E-state index in [1.54, 1.807) is 13.4 Å². The third-order valence-corrected chi connectivity index (χ3v) is 3.46. The molecule has 17 heavy (non-hydrogen) atoms. The van der Waals surface area contributed by atoms with Gasteiger partial charge in [0.1, 0.15) is 11.3 Å². The maximum Gasteiger partial charge on any atom is 0.350 e. The molecule has 0 aromatic carbocycles. The number of hydrogen-bond acceptors (Lipinski definition) is 5. The number of nitrogen functional groups attached to an aromatic ring is 1. The van der Waals surface area contributed by atoms with Crippen LogP contribution < -0.4 is 11.4 Å². The highest BCUT2D eigenvalue weighted by molar-refractivity contribution is 7.99. The molecule has 0 amide bonds. The number of thioether (sulfide) groups is 1. The van der Waals surface area contributed by atoms with Crippen molar-refractivity contribution in [1.29, 1.82) is 0 Å². The second-order valence-corrected chi connectivity index (χ2v) is 5.04. The fourth-order valence-corrected chi connectivity index (χ4v) is 2.19. The Morgan fingerprint density at radius 1 is 1.53 bits per heavy atom. The molecule has 0 fully saturated rings. The average molecular weight is 253 g/mol. The summed E-state index contributed by atoms with van der Waals surface area (Å²) in [7, 11) is 1.59. The summed E-state index contributed by atoms with van der Waals surface area (Å²) in [6.07, 6.45) is 1.68. The molecule has 0 spiro atoms. The molecule has 7 heteroatoms. The van der Waals surface area contributed by atoms with Crippen LogP contribution in [0.25, 0.3) is 11.2 Å². The highest BCUT2D eigenvalue weighted by Gasteiger charge is 2.11. The van der Waals surface area contributed by atoms with Crippen LogP contribution in [0.1, 0.15) is 6.92 Å². The summed E-state index contributed by atoms with van der Waals surface area (Å²) in [4.78, 5) is 19.8. The third kappa shape index (κ3) is 2.14. The molecule has 0 atom stereocenters. The minimum atomic E-state index is -0.347. The normalized spacial score (nSPS) is 11.2. The number of hydrogen-bond donors (Lipinski definition) is 1. The molecule has 0 aliphatic rings. The van der Waals surface area contributed by atoms with Gasteiger partial charge in [0.25, 0.3) is 0 Å². The van der Waals surface area contributed by atoms with E-state index in [2.05, 4.69) is 16.9 Å². The van der Waals surface area contributed by atoms with E-state index in [1.807, 2.05) is 16.3 Å². The van der Waals surface area contributed by atoms with Gasteiger partial charge in [-0.15, -0.1) is 0 Å². The molecule has 2 heterocycles. The lowest BCUT2D eigenvalue weighted by Gasteiger charge is -2.04. The first-order valence-electron chi connectivity index (χ1n) is 5.40. The summed E-state index contributed by atoms with van der Waals surface area (Å²) in [6, 6.07) is 0. The molecule has 2 N–H and O–H groups in total. The van der Waals surface area contributed by atoms with Crippen molar-refractivity contribution in [2.45, 2.75) is 13.5 Å². The van der Waals surface area contributed by atoms with Crippen molar-refractivity contribution in [3.8, 4) is 0 Å². The standard InChI is InChI=1S/C10H15N5OS/c1-3-17-5-4-15-6-12-7-8(11)14(2)10(16)13-9(7)15/h6H,3-5,11H2,1-2H3. The van der Waals surface area contributed by atoms with Gasteiger partial charge in [-0.1, -0.05) is 6.92 Å². The summed E-state index contributed by atoms with van der Waals surface area (Å²) < 4.78 is 3.18. The zero-order valence-electron chi connectivity index (χ0n) is 9.88. The number of fused-ring (bicyclic) bond motifs is 1. The van der Waals surface area contributed by atoms with Crippen LogP contribution in [0.2, 0.25) is 0 Å². The second-order valence-electron chi connectivity index (χ2n) is 3.65. The van der Waals surface area contributed by atoms with Crippen LogP contribution in [0.3, 0.4) is 0 Å². The smallest absolute Gasteiger partial charge is 0.350 e. The van der Waals surface area contributed by atoms with Gasteiger partial charge in [0.15, 0.2) is 5.65 Å². The van der Waals surface area contributed by atoms with E-state index in [4.69, 9.17) is 5.73 Å². The number of aryl methyl sites for hydroxylation is 1. The molecule has 2 rings (SSSR count). The van der Waals surface area contributed by atoms with Crippen LogP contribution >= 0.6 is 11.8 Å². The predicted octanol–water partition coefficient (Wildman–Crippen LogP) is 0.465. The number of aromatic nitrogens is 4. The zero-order chi connectivity index (χ0) is 12.4. The average Bonchev–Trinajstić information content (AvgIpc) is 2.70. The largest absolute Gasteiger partial charge is 0.383 e. The van der Waals surface area contributed by atoms with Crippen LogP contribution in [0, 0.1) is 0 Å². The topological polar surface area (TPSA) is 78.7 Å². The number of nitrogens with zero attached hydrogens (tertiary/aromatic N) is 4. The zero-order valence-corrected chi connectivity index (χ0v) is 10.7. The first-order valence-corrected chi connectivity index (χ1v) is 6.55. The number of anilines is 1. The fourth-order valence-electron chi connectivity index (χ4n) is 1.57. The summed E-state index contributed by atoms with van der Waals surface area (Å²) in [5.41, 5.74) is 6.64. The lowest BCUT2D eigenvalue weighted by molar-refractivity contribution is 0.772. The van der Waals surface area contributed by atoms with Gasteiger partial charge in [0, 0.05) is 19.3 Å². The third-order valence-electron chi connectivity index (χ3n) is 2.58. The van der Waals surface area contributed by atoms with Gasteiger partial charge < -0.3 is 10.3 Å². The molecular formula is C10H15N5OS. The van der Waals surface area contributed by atoms with Crippen molar-refractivity contribution in [2.24, 2.45) is 7.05 Å². The molecule has 0 radical (unpaired) electrons. The van der Waals surface area contributed by atoms with Crippen LogP contribution in [0.4, 0.5) is 5.82 Å². The Balaban J connectivity index is 2.43. The number of rotatable bonds is 4. The molecule has 0 aliphatic heterocycles. The van der Waals surface area contributed by atoms with E-state index in [-0.39, 0.29) is 5.69 Å². The molecule has 0 bridgehead atoms. The molecule has 0 saturated carbocycles. The first-order chi connectivity index (χ1) is 8.15. The van der Waals surface area contributed by atoms with E-state index in [0.717, 1.165) is 18.1 Å². The van der Waals surface area contributed by atoms with Crippen LogP contribution in [-0.4, -0.2) is 30.6 Å². The Morgan fingerprint density at radius 3 is 3.00 bits per heavy atom. The molecule has 92 valence electrons. The second kappa shape index (κ2) is 4.79. The van der Waals surface area contributed by atoms with Crippen LogP contribution in [0.5, 0.6) is 0 Å². The van der Waals surface area contributed by atoms with Crippen LogP contribution in [0.15, 0.2) is 11.1 Å². The van der Waals surface area contributed by atoms with Gasteiger partial charge in [-0.05, 0) is 5.75 Å². The summed E-state index contributed by atoms with van der Waals surface area (Å²) in [6.45, 7) is 2.90. The van der Waals surface area contributed by atoms with Crippen molar-refractivity contribution in [2.75, 3.05) is 17.2 Å². The van der Waals surface area contributed by atoms with Crippen molar-refractivity contribution < 1.29 is 0 Å². The SMILES string of the molecule is CCSCCn1cnc2c(N)n(C)c(=O)nc21. The number of imidazole rings is 1. The van der Waals surface area contributed by atoms with Crippen molar-refractivity contribution >= 4 is 28.7 Å². The minimum absolute atomic E-state index is 0.347. The van der Waals surface area contributed by atoms with Gasteiger partial charge in [-0.25, -0.2) is 9.78 Å². The van der Waals surface area contributed by atoms with E-state index >= 15 is 0 Å². The summed E-state index contributed by atoms with van der Waals surface area (Å²) in [5, 5.41) is 0. The van der Waals surface area contributed by atoms with Gasteiger partial charge in [-0.3, -0.25) is 4.57 Å². The lowest BCUT2D eigenvalue weighted by atomic mass is 10.5. The van der Waals surface area contributed by atoms with E-state index in [9.17, 15) is 4.79 Å². The highest BCUT2D eigenvalue weighted by atomic mass is 32.2. The Hall–Kier alpha value is -1.50. The highest BCUT2D eigenvalue weighted by Crippen LogP contribution is 2.15. The van der Waals surface area contributed by atoms with Gasteiger partial charge >= 0.3 is 5.69 Å². The molecule has 6 nitrogen and oxygen atoms in total. The number of nitrogens with two attached hydrogens (primary N) is 1. The maximum atomic E-state index is 11.6. The van der Waals surface area contributed by atoms with E-state index < -0.39 is 0 Å². The first kappa shape index (κ1) is 12.0. The van der Waals surface area contributed by atoms with Crippen LogP contribution in [-0.2, 0) is 13.6 Å². The Kier molecular flexibility index (Phi) is 3.37. The summed E-state index contributed by atoms with van der Waals surface area (Å²) >= 11 is 1.84. The molecular weight excluding hydrogens is 238 g/mol. The van der Waals surface area contributed by atoms with Crippen molar-refractivity contribution in [3.05, 3.63) is 16.8 Å². The molecule has 2 aromatic rings. The molecule has 0 saturated heterocycles. The monoisotopic (exact) mass is 253 g/mol. The van der Waals surface area contributed by atoms with Crippen molar-refractivity contribution in [1.82, 2.24) is 19.1 Å². The Labute approximate surface area is 103 Å². The van der Waals surface area contributed by atoms with Gasteiger partial charge in [0.05, 0.1) is 6.33 Å². The molecule has 2 aromatic heterocycles. The summed E-state index contributed by atoms with van der Waals surface area (Å²) in [5.74, 6) is 2.41. The molecule has 0 unspecified atom stereocenters. The quantitative estimate of drug-likeness (QED) is 0.801. The lowest BCUT2D eigenvalue weighted by Crippen LogP contribution is -2.23. The Bertz CT molecular complexity index is 588. The van der Waals surface area contributed by atoms with E-state index in [1.165, 1.54) is 4.57 Å². The van der Waals surface area contributed by atoms with Gasteiger partial charge in [0.2, 0.25) is 0 Å². The minimum Gasteiger partial charge on any atom is -0.383 e. The van der Waals surface area contributed by atoms with Gasteiger partial charge in [-0.2, -0.15) is 16.7 Å². The van der Waals surface area contributed by atoms with Crippen molar-refractivity contribution in [3.63, 3.8) is 0 Å². The van der Waals surface area contributed by atoms with E-state index in [0.29, 0.717) is 17.0 Å². The Morgan fingerprint density at radius 2 is 2.29 bits per heavy atom. The fraction of sp³-hybridized carbons (Fsp3) is 0.500. The molecule has 0 aliphatic carbocycles. The maximum absolute atomic E-state index is 11.6. The predicted molar refractivity (Wildman–Crippen MR) is 70.2 cm³/mol.